The van der Waals surface area contributed by atoms with Gasteiger partial charge >= 0.3 is 0 Å². The van der Waals surface area contributed by atoms with Crippen molar-refractivity contribution in [2.45, 2.75) is 6.54 Å². The van der Waals surface area contributed by atoms with Crippen molar-refractivity contribution in [3.63, 3.8) is 0 Å². The fourth-order valence-corrected chi connectivity index (χ4v) is 2.67. The van der Waals surface area contributed by atoms with Crippen molar-refractivity contribution in [3.05, 3.63) is 66.4 Å². The van der Waals surface area contributed by atoms with Crippen LogP contribution in [0.2, 0.25) is 0 Å². The van der Waals surface area contributed by atoms with E-state index in [0.29, 0.717) is 12.1 Å². The van der Waals surface area contributed by atoms with Crippen molar-refractivity contribution in [2.24, 2.45) is 0 Å². The Labute approximate surface area is 121 Å². The highest BCUT2D eigenvalue weighted by Crippen LogP contribution is 2.27. The lowest BCUT2D eigenvalue weighted by molar-refractivity contribution is 0.409. The van der Waals surface area contributed by atoms with Gasteiger partial charge in [0.25, 0.3) is 6.01 Å². The highest BCUT2D eigenvalue weighted by Gasteiger charge is 2.13. The Morgan fingerprint density at radius 1 is 0.905 bits per heavy atom. The standard InChI is InChI=1S/C17H13N3O/c21-17-19-15-10-18-14-9-5-4-8-13(14)16(15)20(17)11-12-6-2-1-3-7-12/h1-10H,11H2,(H,19,21). The van der Waals surface area contributed by atoms with E-state index >= 15 is 0 Å². The van der Waals surface area contributed by atoms with Gasteiger partial charge in [-0.05, 0) is 11.6 Å². The molecule has 0 atom stereocenters. The largest absolute Gasteiger partial charge is 0.480 e. The maximum atomic E-state index is 10.2. The van der Waals surface area contributed by atoms with Crippen LogP contribution in [-0.4, -0.2) is 19.6 Å². The molecule has 1 N–H and O–H groups in total. The quantitative estimate of drug-likeness (QED) is 0.610. The molecule has 0 unspecified atom stereocenters. The molecule has 0 aliphatic heterocycles. The van der Waals surface area contributed by atoms with Crippen LogP contribution in [0.4, 0.5) is 0 Å². The van der Waals surface area contributed by atoms with Crippen LogP contribution in [0.3, 0.4) is 0 Å². The Balaban J connectivity index is 1.99. The maximum absolute atomic E-state index is 10.2. The van der Waals surface area contributed by atoms with Crippen LogP contribution < -0.4 is 0 Å². The zero-order valence-corrected chi connectivity index (χ0v) is 11.3. The Bertz CT molecular complexity index is 929. The number of hydrogen-bond donors (Lipinski definition) is 1. The number of aromatic hydroxyl groups is 1. The smallest absolute Gasteiger partial charge is 0.295 e. The first-order valence-corrected chi connectivity index (χ1v) is 6.80. The van der Waals surface area contributed by atoms with E-state index in [-0.39, 0.29) is 6.01 Å². The van der Waals surface area contributed by atoms with E-state index in [4.69, 9.17) is 0 Å². The summed E-state index contributed by atoms with van der Waals surface area (Å²) in [5.74, 6) is 0. The lowest BCUT2D eigenvalue weighted by Gasteiger charge is -2.07. The Morgan fingerprint density at radius 3 is 2.52 bits per heavy atom. The minimum Gasteiger partial charge on any atom is -0.480 e. The van der Waals surface area contributed by atoms with Gasteiger partial charge in [-0.15, -0.1) is 0 Å². The van der Waals surface area contributed by atoms with Crippen LogP contribution in [0.5, 0.6) is 6.01 Å². The summed E-state index contributed by atoms with van der Waals surface area (Å²) in [6.07, 6.45) is 1.71. The van der Waals surface area contributed by atoms with E-state index in [1.54, 1.807) is 6.20 Å². The number of para-hydroxylation sites is 1. The molecule has 21 heavy (non-hydrogen) atoms. The first-order valence-electron chi connectivity index (χ1n) is 6.80. The molecule has 4 rings (SSSR count). The summed E-state index contributed by atoms with van der Waals surface area (Å²) in [7, 11) is 0. The average Bonchev–Trinajstić information content (AvgIpc) is 2.85. The summed E-state index contributed by atoms with van der Waals surface area (Å²) in [5, 5.41) is 11.2. The molecule has 102 valence electrons. The molecule has 0 radical (unpaired) electrons. The lowest BCUT2D eigenvalue weighted by atomic mass is 10.2. The number of pyridine rings is 1. The molecule has 0 aliphatic carbocycles. The summed E-state index contributed by atoms with van der Waals surface area (Å²) in [6.45, 7) is 0.581. The van der Waals surface area contributed by atoms with Gasteiger partial charge in [0.15, 0.2) is 0 Å². The monoisotopic (exact) mass is 275 g/mol. The first-order chi connectivity index (χ1) is 10.3. The van der Waals surface area contributed by atoms with Gasteiger partial charge in [-0.1, -0.05) is 48.5 Å². The number of nitrogens with zero attached hydrogens (tertiary/aromatic N) is 3. The van der Waals surface area contributed by atoms with Crippen molar-refractivity contribution >= 4 is 21.9 Å². The molecule has 0 fully saturated rings. The number of aromatic nitrogens is 3. The van der Waals surface area contributed by atoms with Crippen LogP contribution in [-0.2, 0) is 6.54 Å². The molecule has 2 heterocycles. The van der Waals surface area contributed by atoms with Crippen LogP contribution >= 0.6 is 0 Å². The van der Waals surface area contributed by atoms with E-state index in [9.17, 15) is 5.11 Å². The van der Waals surface area contributed by atoms with Gasteiger partial charge in [-0.25, -0.2) is 0 Å². The fourth-order valence-electron chi connectivity index (χ4n) is 2.67. The molecule has 2 aromatic heterocycles. The predicted molar refractivity (Wildman–Crippen MR) is 82.2 cm³/mol. The normalized spacial score (nSPS) is 11.2. The van der Waals surface area contributed by atoms with Gasteiger partial charge in [0, 0.05) is 5.39 Å². The molecule has 0 bridgehead atoms. The molecule has 0 amide bonds. The number of imidazole rings is 1. The number of fused-ring (bicyclic) bond motifs is 3. The van der Waals surface area contributed by atoms with Crippen molar-refractivity contribution < 1.29 is 5.11 Å². The summed E-state index contributed by atoms with van der Waals surface area (Å²) >= 11 is 0. The van der Waals surface area contributed by atoms with Gasteiger partial charge in [0.1, 0.15) is 5.52 Å². The highest BCUT2D eigenvalue weighted by molar-refractivity contribution is 6.02. The fraction of sp³-hybridized carbons (Fsp3) is 0.0588. The van der Waals surface area contributed by atoms with Crippen molar-refractivity contribution in [3.8, 4) is 6.01 Å². The van der Waals surface area contributed by atoms with Crippen molar-refractivity contribution in [2.75, 3.05) is 0 Å². The van der Waals surface area contributed by atoms with Crippen LogP contribution in [0.1, 0.15) is 5.56 Å². The zero-order chi connectivity index (χ0) is 14.2. The molecule has 4 nitrogen and oxygen atoms in total. The second-order valence-corrected chi connectivity index (χ2v) is 4.99. The lowest BCUT2D eigenvalue weighted by Crippen LogP contribution is -1.99. The maximum Gasteiger partial charge on any atom is 0.295 e. The molecule has 0 aliphatic rings. The average molecular weight is 275 g/mol. The molecule has 4 heteroatoms. The molecule has 0 spiro atoms. The second kappa shape index (κ2) is 4.59. The number of benzene rings is 2. The molecule has 0 saturated heterocycles. The van der Waals surface area contributed by atoms with Gasteiger partial charge in [-0.3, -0.25) is 9.55 Å². The predicted octanol–water partition coefficient (Wildman–Crippen LogP) is 3.34. The Hall–Kier alpha value is -2.88. The molecular formula is C17H13N3O. The molecule has 4 aromatic rings. The summed E-state index contributed by atoms with van der Waals surface area (Å²) in [5.41, 5.74) is 3.65. The molecular weight excluding hydrogens is 262 g/mol. The van der Waals surface area contributed by atoms with Crippen molar-refractivity contribution in [1.82, 2.24) is 14.5 Å². The van der Waals surface area contributed by atoms with Gasteiger partial charge in [-0.2, -0.15) is 4.98 Å². The number of rotatable bonds is 2. The van der Waals surface area contributed by atoms with E-state index in [0.717, 1.165) is 22.0 Å². The van der Waals surface area contributed by atoms with E-state index < -0.39 is 0 Å². The third kappa shape index (κ3) is 1.92. The number of hydrogen-bond acceptors (Lipinski definition) is 3. The van der Waals surface area contributed by atoms with E-state index in [1.165, 1.54) is 0 Å². The summed E-state index contributed by atoms with van der Waals surface area (Å²) in [4.78, 5) is 8.60. The van der Waals surface area contributed by atoms with Crippen LogP contribution in [0.25, 0.3) is 21.9 Å². The Kier molecular flexibility index (Phi) is 2.60. The highest BCUT2D eigenvalue weighted by atomic mass is 16.3. The summed E-state index contributed by atoms with van der Waals surface area (Å²) < 4.78 is 1.83. The first kappa shape index (κ1) is 11.9. The molecule has 0 saturated carbocycles. The minimum absolute atomic E-state index is 0.0204. The topological polar surface area (TPSA) is 50.9 Å². The van der Waals surface area contributed by atoms with Gasteiger partial charge in [0.2, 0.25) is 0 Å². The zero-order valence-electron chi connectivity index (χ0n) is 11.3. The third-order valence-electron chi connectivity index (χ3n) is 3.64. The second-order valence-electron chi connectivity index (χ2n) is 4.99. The van der Waals surface area contributed by atoms with E-state index in [2.05, 4.69) is 9.97 Å². The minimum atomic E-state index is 0.0204. The SMILES string of the molecule is Oc1nc2cnc3ccccc3c2n1Cc1ccccc1. The van der Waals surface area contributed by atoms with Crippen LogP contribution in [0, 0.1) is 0 Å². The summed E-state index contributed by atoms with van der Waals surface area (Å²) in [6, 6.07) is 18.0. The van der Waals surface area contributed by atoms with Gasteiger partial charge < -0.3 is 5.11 Å². The van der Waals surface area contributed by atoms with Gasteiger partial charge in [0.05, 0.1) is 23.8 Å². The van der Waals surface area contributed by atoms with Crippen molar-refractivity contribution in [1.29, 1.82) is 0 Å². The Morgan fingerprint density at radius 2 is 1.67 bits per heavy atom. The van der Waals surface area contributed by atoms with E-state index in [1.807, 2.05) is 59.2 Å². The third-order valence-corrected chi connectivity index (χ3v) is 3.64. The molecule has 2 aromatic carbocycles. The van der Waals surface area contributed by atoms with Crippen LogP contribution in [0.15, 0.2) is 60.8 Å².